The zero-order valence-electron chi connectivity index (χ0n) is 17.1. The van der Waals surface area contributed by atoms with Crippen LogP contribution in [-0.4, -0.2) is 17.4 Å². The molecule has 0 saturated heterocycles. The predicted molar refractivity (Wildman–Crippen MR) is 118 cm³/mol. The van der Waals surface area contributed by atoms with E-state index in [0.29, 0.717) is 17.7 Å². The zero-order valence-corrected chi connectivity index (χ0v) is 17.1. The quantitative estimate of drug-likeness (QED) is 0.568. The van der Waals surface area contributed by atoms with Crippen molar-refractivity contribution >= 4 is 6.21 Å². The molecule has 0 amide bonds. The number of benzene rings is 2. The number of phenolic OH excluding ortho intramolecular Hbond substituents is 1. The molecule has 2 aromatic carbocycles. The van der Waals surface area contributed by atoms with Gasteiger partial charge in [0.15, 0.2) is 0 Å². The van der Waals surface area contributed by atoms with Gasteiger partial charge in [0.1, 0.15) is 5.75 Å². The fraction of sp³-hybridized carbons (Fsp3) is 0.500. The molecule has 0 heterocycles. The smallest absolute Gasteiger partial charge is 0.127 e. The van der Waals surface area contributed by atoms with Gasteiger partial charge in [-0.3, -0.25) is 4.99 Å². The Hall–Kier alpha value is -2.09. The van der Waals surface area contributed by atoms with Gasteiger partial charge in [-0.25, -0.2) is 0 Å². The Labute approximate surface area is 169 Å². The van der Waals surface area contributed by atoms with Gasteiger partial charge in [0.25, 0.3) is 0 Å². The minimum absolute atomic E-state index is 0.411. The number of aliphatic imine (C=N–C) groups is 1. The average molecular weight is 376 g/mol. The average Bonchev–Trinajstić information content (AvgIpc) is 2.75. The third-order valence-electron chi connectivity index (χ3n) is 6.73. The van der Waals surface area contributed by atoms with Crippen molar-refractivity contribution in [3.63, 3.8) is 0 Å². The minimum atomic E-state index is 0.411. The van der Waals surface area contributed by atoms with Crippen LogP contribution in [0.15, 0.2) is 47.5 Å². The molecule has 0 spiro atoms. The largest absolute Gasteiger partial charge is 0.507 e. The van der Waals surface area contributed by atoms with Crippen molar-refractivity contribution in [1.82, 2.24) is 0 Å². The van der Waals surface area contributed by atoms with Crippen molar-refractivity contribution < 1.29 is 5.11 Å². The molecule has 0 aromatic heterocycles. The van der Waals surface area contributed by atoms with E-state index in [4.69, 9.17) is 4.99 Å². The maximum absolute atomic E-state index is 11.1. The van der Waals surface area contributed by atoms with Crippen molar-refractivity contribution in [2.45, 2.75) is 76.7 Å². The lowest BCUT2D eigenvalue weighted by Crippen LogP contribution is -2.15. The Bertz CT molecular complexity index is 797. The van der Waals surface area contributed by atoms with Gasteiger partial charge in [-0.2, -0.15) is 0 Å². The lowest BCUT2D eigenvalue weighted by Gasteiger charge is -2.25. The third-order valence-corrected chi connectivity index (χ3v) is 6.73. The summed E-state index contributed by atoms with van der Waals surface area (Å²) in [4.78, 5) is 4.88. The highest BCUT2D eigenvalue weighted by molar-refractivity contribution is 5.87. The second kappa shape index (κ2) is 8.94. The van der Waals surface area contributed by atoms with Gasteiger partial charge >= 0.3 is 0 Å². The van der Waals surface area contributed by atoms with Gasteiger partial charge in [-0.1, -0.05) is 56.5 Å². The van der Waals surface area contributed by atoms with Crippen molar-refractivity contribution in [3.8, 4) is 16.9 Å². The monoisotopic (exact) mass is 375 g/mol. The second-order valence-electron chi connectivity index (χ2n) is 8.90. The summed E-state index contributed by atoms with van der Waals surface area (Å²) in [7, 11) is 0. The molecule has 2 aliphatic carbocycles. The van der Waals surface area contributed by atoms with Gasteiger partial charge in [-0.15, -0.1) is 0 Å². The number of hydrogen-bond acceptors (Lipinski definition) is 2. The van der Waals surface area contributed by atoms with E-state index < -0.39 is 0 Å². The Morgan fingerprint density at radius 2 is 1.57 bits per heavy atom. The molecule has 0 radical (unpaired) electrons. The summed E-state index contributed by atoms with van der Waals surface area (Å²) in [6.07, 6.45) is 13.1. The van der Waals surface area contributed by atoms with E-state index in [1.165, 1.54) is 68.9 Å². The first-order valence-corrected chi connectivity index (χ1v) is 11.2. The van der Waals surface area contributed by atoms with E-state index in [-0.39, 0.29) is 0 Å². The maximum Gasteiger partial charge on any atom is 0.127 e. The molecule has 0 aliphatic heterocycles. The molecule has 0 bridgehead atoms. The van der Waals surface area contributed by atoms with Crippen molar-refractivity contribution in [3.05, 3.63) is 53.6 Å². The summed E-state index contributed by atoms with van der Waals surface area (Å²) in [5.41, 5.74) is 4.42. The fourth-order valence-electron chi connectivity index (χ4n) is 4.88. The summed E-state index contributed by atoms with van der Waals surface area (Å²) in [5, 5.41) is 11.1. The van der Waals surface area contributed by atoms with Crippen LogP contribution in [-0.2, 0) is 0 Å². The van der Waals surface area contributed by atoms with Crippen LogP contribution in [0.25, 0.3) is 11.1 Å². The lowest BCUT2D eigenvalue weighted by molar-refractivity contribution is 0.350. The second-order valence-corrected chi connectivity index (χ2v) is 8.90. The van der Waals surface area contributed by atoms with Crippen LogP contribution >= 0.6 is 0 Å². The highest BCUT2D eigenvalue weighted by atomic mass is 16.3. The summed E-state index contributed by atoms with van der Waals surface area (Å²) in [6, 6.07) is 15.3. The van der Waals surface area contributed by atoms with E-state index >= 15 is 0 Å². The molecular weight excluding hydrogens is 342 g/mol. The minimum Gasteiger partial charge on any atom is -0.507 e. The first-order valence-electron chi connectivity index (χ1n) is 11.2. The molecule has 4 rings (SSSR count). The molecule has 28 heavy (non-hydrogen) atoms. The Morgan fingerprint density at radius 3 is 2.29 bits per heavy atom. The van der Waals surface area contributed by atoms with Crippen molar-refractivity contribution in [2.75, 3.05) is 0 Å². The van der Waals surface area contributed by atoms with Crippen molar-refractivity contribution in [2.24, 2.45) is 10.9 Å². The maximum atomic E-state index is 11.1. The van der Waals surface area contributed by atoms with E-state index in [1.807, 2.05) is 6.21 Å². The molecule has 2 fully saturated rings. The fourth-order valence-corrected chi connectivity index (χ4v) is 4.88. The van der Waals surface area contributed by atoms with Crippen LogP contribution in [0.4, 0.5) is 0 Å². The molecule has 2 heteroatoms. The Morgan fingerprint density at radius 1 is 0.857 bits per heavy atom. The SMILES string of the molecule is CC1CCC(N=Cc2cc(-c3ccccc3)cc(C3CCCCC3)c2O)CC1. The van der Waals surface area contributed by atoms with Gasteiger partial charge in [0.05, 0.1) is 0 Å². The van der Waals surface area contributed by atoms with Gasteiger partial charge in [0.2, 0.25) is 0 Å². The van der Waals surface area contributed by atoms with Crippen LogP contribution in [0, 0.1) is 5.92 Å². The molecule has 2 aromatic rings. The highest BCUT2D eigenvalue weighted by Crippen LogP contribution is 2.40. The number of hydrogen-bond donors (Lipinski definition) is 1. The number of phenols is 1. The number of rotatable bonds is 4. The molecule has 148 valence electrons. The van der Waals surface area contributed by atoms with Crippen LogP contribution < -0.4 is 0 Å². The first kappa shape index (κ1) is 19.2. The number of aromatic hydroxyl groups is 1. The summed E-state index contributed by atoms with van der Waals surface area (Å²) < 4.78 is 0. The van der Waals surface area contributed by atoms with Crippen LogP contribution in [0.2, 0.25) is 0 Å². The highest BCUT2D eigenvalue weighted by Gasteiger charge is 2.22. The van der Waals surface area contributed by atoms with E-state index in [9.17, 15) is 5.11 Å². The van der Waals surface area contributed by atoms with Crippen LogP contribution in [0.1, 0.15) is 81.8 Å². The van der Waals surface area contributed by atoms with Crippen LogP contribution in [0.5, 0.6) is 5.75 Å². The molecule has 2 nitrogen and oxygen atoms in total. The predicted octanol–water partition coefficient (Wildman–Crippen LogP) is 7.10. The van der Waals surface area contributed by atoms with Gasteiger partial charge in [-0.05, 0) is 79.2 Å². The lowest BCUT2D eigenvalue weighted by atomic mass is 9.82. The van der Waals surface area contributed by atoms with E-state index in [0.717, 1.165) is 17.0 Å². The normalized spacial score (nSPS) is 23.9. The van der Waals surface area contributed by atoms with Crippen LogP contribution in [0.3, 0.4) is 0 Å². The molecule has 2 saturated carbocycles. The molecule has 2 aliphatic rings. The molecule has 0 unspecified atom stereocenters. The molecule has 0 atom stereocenters. The van der Waals surface area contributed by atoms with Crippen molar-refractivity contribution in [1.29, 1.82) is 0 Å². The summed E-state index contributed by atoms with van der Waals surface area (Å²) >= 11 is 0. The Balaban J connectivity index is 1.67. The number of nitrogens with zero attached hydrogens (tertiary/aromatic N) is 1. The van der Waals surface area contributed by atoms with Gasteiger partial charge < -0.3 is 5.11 Å². The third kappa shape index (κ3) is 4.48. The zero-order chi connectivity index (χ0) is 19.3. The summed E-state index contributed by atoms with van der Waals surface area (Å²) in [5.74, 6) is 1.76. The van der Waals surface area contributed by atoms with E-state index in [1.54, 1.807) is 0 Å². The molecular formula is C26H33NO. The van der Waals surface area contributed by atoms with Gasteiger partial charge in [0, 0.05) is 17.8 Å². The van der Waals surface area contributed by atoms with E-state index in [2.05, 4.69) is 49.4 Å². The standard InChI is InChI=1S/C26H33NO/c1-19-12-14-24(15-13-19)27-18-23-16-22(20-8-4-2-5-9-20)17-25(26(23)28)21-10-6-3-7-11-21/h2,4-5,8-9,16-19,21,24,28H,3,6-7,10-15H2,1H3. The first-order chi connectivity index (χ1) is 13.7. The Kier molecular flexibility index (Phi) is 6.14. The molecule has 1 N–H and O–H groups in total. The topological polar surface area (TPSA) is 32.6 Å². The summed E-state index contributed by atoms with van der Waals surface area (Å²) in [6.45, 7) is 2.34.